The maximum atomic E-state index is 7.62. The van der Waals surface area contributed by atoms with Gasteiger partial charge in [0.25, 0.3) is 0 Å². The topological polar surface area (TPSA) is 6.25 Å². The van der Waals surface area contributed by atoms with E-state index in [2.05, 4.69) is 148 Å². The van der Waals surface area contributed by atoms with Gasteiger partial charge in [0.05, 0.1) is 5.41 Å². The lowest BCUT2D eigenvalue weighted by Crippen LogP contribution is -2.35. The van der Waals surface area contributed by atoms with E-state index in [9.17, 15) is 0 Å². The summed E-state index contributed by atoms with van der Waals surface area (Å²) in [6, 6.07) is 27.8. The van der Waals surface area contributed by atoms with E-state index in [0.29, 0.717) is 0 Å². The number of fused-ring (bicyclic) bond motifs is 6. The van der Waals surface area contributed by atoms with Crippen molar-refractivity contribution < 1.29 is 4.58 Å². The Morgan fingerprint density at radius 1 is 0.610 bits per heavy atom. The fourth-order valence-electron chi connectivity index (χ4n) is 11.2. The van der Waals surface area contributed by atoms with Crippen LogP contribution in [0.15, 0.2) is 119 Å². The summed E-state index contributed by atoms with van der Waals surface area (Å²) >= 11 is 7.62. The third-order valence-electron chi connectivity index (χ3n) is 14.0. The molecule has 0 N–H and O–H groups in total. The molecule has 2 heterocycles. The first kappa shape index (κ1) is 43.2. The summed E-state index contributed by atoms with van der Waals surface area (Å²) in [5.74, 6) is 0. The molecule has 0 saturated heterocycles. The number of hydrogen-bond acceptors (Lipinski definition) is 1. The van der Waals surface area contributed by atoms with Crippen LogP contribution in [0.5, 0.6) is 0 Å². The zero-order valence-corrected chi connectivity index (χ0v) is 38.2. The molecule has 7 rings (SSSR count). The Kier molecular flexibility index (Phi) is 14.4. The van der Waals surface area contributed by atoms with Gasteiger partial charge in [-0.05, 0) is 108 Å². The summed E-state index contributed by atoms with van der Waals surface area (Å²) in [5.41, 5.74) is 11.5. The molecule has 0 fully saturated rings. The first-order valence-corrected chi connectivity index (χ1v) is 24.3. The van der Waals surface area contributed by atoms with Gasteiger partial charge >= 0.3 is 0 Å². The number of hydrogen-bond donors (Lipinski definition) is 0. The summed E-state index contributed by atoms with van der Waals surface area (Å²) in [6.45, 7) is 16.1. The van der Waals surface area contributed by atoms with Gasteiger partial charge in [-0.1, -0.05) is 171 Å². The Labute approximate surface area is 362 Å². The summed E-state index contributed by atoms with van der Waals surface area (Å²) in [4.78, 5) is 2.69. The van der Waals surface area contributed by atoms with Crippen molar-refractivity contribution in [3.8, 4) is 0 Å². The lowest BCUT2D eigenvalue weighted by molar-refractivity contribution is -0.437. The molecule has 0 bridgehead atoms. The predicted molar refractivity (Wildman–Crippen MR) is 259 cm³/mol. The molecule has 1 aliphatic carbocycles. The molecule has 4 aromatic carbocycles. The molecule has 59 heavy (non-hydrogen) atoms. The summed E-state index contributed by atoms with van der Waals surface area (Å²) < 4.78 is 2.69. The average Bonchev–Trinajstić information content (AvgIpc) is 3.68. The normalized spacial score (nSPS) is 18.7. The van der Waals surface area contributed by atoms with Gasteiger partial charge in [-0.15, -0.1) is 0 Å². The SMILES string of the molecule is CCCCC1(CCCC)C(/C=C/C2=C(Cl)C(=C/C=C3\N(CCC)c4ccc5ccccc5c4C3(CCCC)CCCC)/CCC2)=[N+](CCC)c2ccc3ccccc3c21. The second-order valence-electron chi connectivity index (χ2n) is 17.9. The van der Waals surface area contributed by atoms with Crippen molar-refractivity contribution in [1.82, 2.24) is 0 Å². The highest BCUT2D eigenvalue weighted by Gasteiger charge is 2.51. The van der Waals surface area contributed by atoms with Crippen molar-refractivity contribution in [1.29, 1.82) is 0 Å². The second-order valence-corrected chi connectivity index (χ2v) is 18.3. The molecule has 4 aromatic rings. The van der Waals surface area contributed by atoms with Gasteiger partial charge in [-0.2, -0.15) is 4.58 Å². The molecule has 0 aromatic heterocycles. The maximum Gasteiger partial charge on any atom is 0.210 e. The number of unbranched alkanes of at least 4 members (excludes halogenated alkanes) is 4. The highest BCUT2D eigenvalue weighted by molar-refractivity contribution is 6.32. The van der Waals surface area contributed by atoms with Crippen LogP contribution in [0.1, 0.15) is 162 Å². The van der Waals surface area contributed by atoms with Gasteiger partial charge in [-0.25, -0.2) is 0 Å². The molecule has 312 valence electrons. The van der Waals surface area contributed by atoms with E-state index in [1.165, 1.54) is 133 Å². The first-order valence-electron chi connectivity index (χ1n) is 23.9. The molecule has 0 unspecified atom stereocenters. The first-order chi connectivity index (χ1) is 28.9. The second kappa shape index (κ2) is 19.7. The van der Waals surface area contributed by atoms with Crippen LogP contribution in [0.3, 0.4) is 0 Å². The summed E-state index contributed by atoms with van der Waals surface area (Å²) in [7, 11) is 0. The van der Waals surface area contributed by atoms with E-state index in [1.54, 1.807) is 11.1 Å². The van der Waals surface area contributed by atoms with Crippen LogP contribution < -0.4 is 4.90 Å². The van der Waals surface area contributed by atoms with E-state index in [-0.39, 0.29) is 10.8 Å². The zero-order chi connectivity index (χ0) is 41.4. The molecule has 0 radical (unpaired) electrons. The van der Waals surface area contributed by atoms with E-state index < -0.39 is 0 Å². The highest BCUT2D eigenvalue weighted by Crippen LogP contribution is 2.56. The van der Waals surface area contributed by atoms with Crippen molar-refractivity contribution in [2.75, 3.05) is 18.0 Å². The standard InChI is InChI=1S/C56H72ClN2/c1-7-13-36-55(37-14-8-2)50(58(40-11-5)48-32-28-42-22-17-19-26-46(42)52(48)55)34-30-44-24-21-25-45(54(44)57)31-35-51-56(38-15-9-3,39-16-10-4)53-47-27-20-18-23-43(47)29-33-49(53)59(51)41-12-6/h17-20,22-23,26-35H,7-16,21,24-25,36-41H2,1-6H3/q+1. The maximum absolute atomic E-state index is 7.62. The smallest absolute Gasteiger partial charge is 0.210 e. The Balaban J connectivity index is 1.35. The largest absolute Gasteiger partial charge is 0.344 e. The van der Waals surface area contributed by atoms with Gasteiger partial charge in [0.2, 0.25) is 5.69 Å². The van der Waals surface area contributed by atoms with E-state index >= 15 is 0 Å². The lowest BCUT2D eigenvalue weighted by atomic mass is 9.69. The Hall–Kier alpha value is -3.88. The van der Waals surface area contributed by atoms with E-state index in [1.807, 2.05) is 0 Å². The molecule has 3 aliphatic rings. The molecule has 2 aliphatic heterocycles. The van der Waals surface area contributed by atoms with Gasteiger partial charge in [0, 0.05) is 52.5 Å². The summed E-state index contributed by atoms with van der Waals surface area (Å²) in [5, 5.41) is 6.55. The number of halogens is 1. The van der Waals surface area contributed by atoms with Crippen LogP contribution in [0, 0.1) is 0 Å². The highest BCUT2D eigenvalue weighted by atomic mass is 35.5. The van der Waals surface area contributed by atoms with Crippen molar-refractivity contribution in [2.45, 2.75) is 162 Å². The number of benzene rings is 4. The minimum atomic E-state index is -0.0105. The fourth-order valence-corrected chi connectivity index (χ4v) is 11.5. The molecular formula is C56H72ClN2+. The van der Waals surface area contributed by atoms with Crippen molar-refractivity contribution >= 4 is 50.2 Å². The minimum absolute atomic E-state index is 0.0105. The quantitative estimate of drug-likeness (QED) is 0.0856. The predicted octanol–water partition coefficient (Wildman–Crippen LogP) is 16.7. The number of allylic oxidation sites excluding steroid dienone is 8. The third kappa shape index (κ3) is 8.17. The van der Waals surface area contributed by atoms with Gasteiger partial charge in [0.1, 0.15) is 6.54 Å². The number of rotatable bonds is 19. The molecule has 2 nitrogen and oxygen atoms in total. The molecule has 3 heteroatoms. The van der Waals surface area contributed by atoms with Crippen LogP contribution in [-0.2, 0) is 10.8 Å². The number of nitrogens with zero attached hydrogens (tertiary/aromatic N) is 2. The zero-order valence-electron chi connectivity index (χ0n) is 37.4. The molecular weight excluding hydrogens is 736 g/mol. The number of anilines is 1. The molecule has 0 amide bonds. The molecule has 0 saturated carbocycles. The third-order valence-corrected chi connectivity index (χ3v) is 14.5. The Morgan fingerprint density at radius 3 is 1.81 bits per heavy atom. The average molecular weight is 809 g/mol. The van der Waals surface area contributed by atoms with Gasteiger partial charge in [0.15, 0.2) is 5.71 Å². The van der Waals surface area contributed by atoms with Gasteiger partial charge in [-0.3, -0.25) is 0 Å². The van der Waals surface area contributed by atoms with Crippen molar-refractivity contribution in [3.05, 3.63) is 130 Å². The van der Waals surface area contributed by atoms with Crippen molar-refractivity contribution in [2.24, 2.45) is 0 Å². The monoisotopic (exact) mass is 808 g/mol. The van der Waals surface area contributed by atoms with E-state index in [4.69, 9.17) is 11.6 Å². The van der Waals surface area contributed by atoms with Crippen LogP contribution in [0.25, 0.3) is 21.5 Å². The van der Waals surface area contributed by atoms with Crippen LogP contribution in [-0.4, -0.2) is 23.4 Å². The van der Waals surface area contributed by atoms with E-state index in [0.717, 1.165) is 50.2 Å². The Morgan fingerprint density at radius 2 is 1.20 bits per heavy atom. The lowest BCUT2D eigenvalue weighted by Gasteiger charge is -2.35. The van der Waals surface area contributed by atoms with Crippen molar-refractivity contribution in [3.63, 3.8) is 0 Å². The van der Waals surface area contributed by atoms with Crippen LogP contribution >= 0.6 is 11.6 Å². The fraction of sp³-hybridized carbons (Fsp3) is 0.482. The van der Waals surface area contributed by atoms with Crippen LogP contribution in [0.2, 0.25) is 0 Å². The summed E-state index contributed by atoms with van der Waals surface area (Å²) in [6.07, 6.45) is 29.7. The molecule has 0 spiro atoms. The van der Waals surface area contributed by atoms with Crippen LogP contribution in [0.4, 0.5) is 11.4 Å². The minimum Gasteiger partial charge on any atom is -0.344 e. The molecule has 0 atom stereocenters. The van der Waals surface area contributed by atoms with Gasteiger partial charge < -0.3 is 4.90 Å². The Bertz CT molecular complexity index is 2250.